The van der Waals surface area contributed by atoms with Crippen LogP contribution in [0.3, 0.4) is 0 Å². The van der Waals surface area contributed by atoms with Crippen LogP contribution >= 0.6 is 23.4 Å². The third-order valence-corrected chi connectivity index (χ3v) is 3.68. The van der Waals surface area contributed by atoms with Crippen LogP contribution in [0.1, 0.15) is 24.6 Å². The van der Waals surface area contributed by atoms with Crippen LogP contribution in [-0.4, -0.2) is 15.0 Å². The van der Waals surface area contributed by atoms with Crippen molar-refractivity contribution in [2.45, 2.75) is 28.8 Å². The normalized spacial score (nSPS) is 14.7. The zero-order valence-electron chi connectivity index (χ0n) is 9.51. The maximum absolute atomic E-state index is 5.80. The first kappa shape index (κ1) is 11.7. The molecule has 0 saturated heterocycles. The summed E-state index contributed by atoms with van der Waals surface area (Å²) in [6, 6.07) is 5.44. The fourth-order valence-corrected chi connectivity index (χ4v) is 2.45. The highest BCUT2D eigenvalue weighted by Gasteiger charge is 2.27. The van der Waals surface area contributed by atoms with Gasteiger partial charge in [0.25, 0.3) is 0 Å². The Hall–Kier alpha value is -1.33. The molecule has 4 nitrogen and oxygen atoms in total. The summed E-state index contributed by atoms with van der Waals surface area (Å²) in [5, 5.41) is 2.30. The molecule has 0 radical (unpaired) electrons. The number of anilines is 1. The van der Waals surface area contributed by atoms with Crippen molar-refractivity contribution >= 4 is 29.2 Å². The lowest BCUT2D eigenvalue weighted by Gasteiger charge is -2.04. The molecule has 1 saturated carbocycles. The van der Waals surface area contributed by atoms with Gasteiger partial charge in [0.2, 0.25) is 0 Å². The van der Waals surface area contributed by atoms with E-state index in [4.69, 9.17) is 17.3 Å². The van der Waals surface area contributed by atoms with Crippen LogP contribution in [0.25, 0.3) is 0 Å². The average molecular weight is 279 g/mol. The standard InChI is InChI=1S/C12H11ClN4S/c13-8-3-4-10(15-6-8)18-11-5-9(14)16-12(17-11)7-1-2-7/h3-7H,1-2H2,(H2,14,16,17). The minimum Gasteiger partial charge on any atom is -0.384 e. The fourth-order valence-electron chi connectivity index (χ4n) is 1.57. The maximum Gasteiger partial charge on any atom is 0.135 e. The van der Waals surface area contributed by atoms with Crippen LogP contribution in [0.4, 0.5) is 5.82 Å². The van der Waals surface area contributed by atoms with Gasteiger partial charge < -0.3 is 5.73 Å². The molecule has 0 unspecified atom stereocenters. The first-order chi connectivity index (χ1) is 8.70. The summed E-state index contributed by atoms with van der Waals surface area (Å²) < 4.78 is 0. The minimum atomic E-state index is 0.492. The van der Waals surface area contributed by atoms with Crippen molar-refractivity contribution in [3.8, 4) is 0 Å². The molecule has 2 N–H and O–H groups in total. The lowest BCUT2D eigenvalue weighted by atomic mass is 10.4. The zero-order chi connectivity index (χ0) is 12.5. The molecule has 1 fully saturated rings. The molecular weight excluding hydrogens is 268 g/mol. The number of aromatic nitrogens is 3. The van der Waals surface area contributed by atoms with Gasteiger partial charge >= 0.3 is 0 Å². The zero-order valence-corrected chi connectivity index (χ0v) is 11.1. The number of hydrogen-bond acceptors (Lipinski definition) is 5. The summed E-state index contributed by atoms with van der Waals surface area (Å²) in [5.74, 6) is 1.86. The molecule has 0 atom stereocenters. The van der Waals surface area contributed by atoms with E-state index in [2.05, 4.69) is 15.0 Å². The predicted molar refractivity (Wildman–Crippen MR) is 71.8 cm³/mol. The highest BCUT2D eigenvalue weighted by atomic mass is 35.5. The lowest BCUT2D eigenvalue weighted by Crippen LogP contribution is -1.99. The first-order valence-electron chi connectivity index (χ1n) is 5.64. The van der Waals surface area contributed by atoms with Crippen molar-refractivity contribution < 1.29 is 0 Å². The molecule has 0 aliphatic heterocycles. The molecule has 0 bridgehead atoms. The molecule has 2 heterocycles. The Morgan fingerprint density at radius 3 is 2.72 bits per heavy atom. The number of nitrogens with zero attached hydrogens (tertiary/aromatic N) is 3. The van der Waals surface area contributed by atoms with Gasteiger partial charge in [0, 0.05) is 18.2 Å². The molecule has 92 valence electrons. The average Bonchev–Trinajstić information content (AvgIpc) is 3.15. The Balaban J connectivity index is 1.85. The van der Waals surface area contributed by atoms with Gasteiger partial charge in [-0.05, 0) is 36.7 Å². The van der Waals surface area contributed by atoms with E-state index in [0.29, 0.717) is 16.8 Å². The highest BCUT2D eigenvalue weighted by molar-refractivity contribution is 7.99. The largest absolute Gasteiger partial charge is 0.384 e. The second kappa shape index (κ2) is 4.74. The van der Waals surface area contributed by atoms with E-state index >= 15 is 0 Å². The van der Waals surface area contributed by atoms with Gasteiger partial charge in [-0.3, -0.25) is 0 Å². The molecule has 3 rings (SSSR count). The molecule has 1 aliphatic carbocycles. The molecule has 0 amide bonds. The van der Waals surface area contributed by atoms with Crippen LogP contribution in [0, 0.1) is 0 Å². The van der Waals surface area contributed by atoms with Gasteiger partial charge in [-0.25, -0.2) is 15.0 Å². The first-order valence-corrected chi connectivity index (χ1v) is 6.84. The third kappa shape index (κ3) is 2.73. The predicted octanol–water partition coefficient (Wildman–Crippen LogP) is 3.14. The Bertz CT molecular complexity index is 569. The Kier molecular flexibility index (Phi) is 3.09. The number of halogens is 1. The van der Waals surface area contributed by atoms with Crippen molar-refractivity contribution in [2.24, 2.45) is 0 Å². The summed E-state index contributed by atoms with van der Waals surface area (Å²) in [4.78, 5) is 13.0. The van der Waals surface area contributed by atoms with Crippen molar-refractivity contribution in [1.82, 2.24) is 15.0 Å². The quantitative estimate of drug-likeness (QED) is 0.874. The van der Waals surface area contributed by atoms with Gasteiger partial charge in [0.15, 0.2) is 0 Å². The maximum atomic E-state index is 5.80. The van der Waals surface area contributed by atoms with Crippen molar-refractivity contribution in [1.29, 1.82) is 0 Å². The molecule has 0 aromatic carbocycles. The smallest absolute Gasteiger partial charge is 0.135 e. The van der Waals surface area contributed by atoms with Crippen molar-refractivity contribution in [3.63, 3.8) is 0 Å². The van der Waals surface area contributed by atoms with E-state index in [1.54, 1.807) is 12.3 Å². The number of hydrogen-bond donors (Lipinski definition) is 1. The molecule has 6 heteroatoms. The van der Waals surface area contributed by atoms with Gasteiger partial charge in [0.1, 0.15) is 21.7 Å². The van der Waals surface area contributed by atoms with Gasteiger partial charge in [-0.15, -0.1) is 0 Å². The van der Waals surface area contributed by atoms with Crippen LogP contribution in [-0.2, 0) is 0 Å². The topological polar surface area (TPSA) is 64.7 Å². The fraction of sp³-hybridized carbons (Fsp3) is 0.250. The molecule has 0 spiro atoms. The molecular formula is C12H11ClN4S. The Labute approximate surface area is 114 Å². The SMILES string of the molecule is Nc1cc(Sc2ccc(Cl)cn2)nc(C2CC2)n1. The molecule has 18 heavy (non-hydrogen) atoms. The molecule has 1 aliphatic rings. The summed E-state index contributed by atoms with van der Waals surface area (Å²) in [5.41, 5.74) is 5.80. The van der Waals surface area contributed by atoms with Gasteiger partial charge in [-0.2, -0.15) is 0 Å². The van der Waals surface area contributed by atoms with E-state index in [-0.39, 0.29) is 0 Å². The third-order valence-electron chi connectivity index (χ3n) is 2.59. The monoisotopic (exact) mass is 278 g/mol. The summed E-state index contributed by atoms with van der Waals surface area (Å²) in [6.07, 6.45) is 3.94. The van der Waals surface area contributed by atoms with Gasteiger partial charge in [-0.1, -0.05) is 11.6 Å². The number of pyridine rings is 1. The second-order valence-corrected chi connectivity index (χ2v) is 5.66. The van der Waals surface area contributed by atoms with E-state index in [1.807, 2.05) is 12.1 Å². The van der Waals surface area contributed by atoms with Crippen molar-refractivity contribution in [2.75, 3.05) is 5.73 Å². The van der Waals surface area contributed by atoms with Crippen LogP contribution in [0.5, 0.6) is 0 Å². The molecule has 2 aromatic heterocycles. The van der Waals surface area contributed by atoms with E-state index in [9.17, 15) is 0 Å². The van der Waals surface area contributed by atoms with Crippen LogP contribution < -0.4 is 5.73 Å². The summed E-state index contributed by atoms with van der Waals surface area (Å²) in [7, 11) is 0. The Morgan fingerprint density at radius 1 is 1.22 bits per heavy atom. The summed E-state index contributed by atoms with van der Waals surface area (Å²) >= 11 is 7.27. The number of rotatable bonds is 3. The van der Waals surface area contributed by atoms with Crippen LogP contribution in [0.15, 0.2) is 34.4 Å². The van der Waals surface area contributed by atoms with Gasteiger partial charge in [0.05, 0.1) is 5.02 Å². The van der Waals surface area contributed by atoms with E-state index in [1.165, 1.54) is 11.8 Å². The molecule has 2 aromatic rings. The lowest BCUT2D eigenvalue weighted by molar-refractivity contribution is 0.882. The van der Waals surface area contributed by atoms with Crippen LogP contribution in [0.2, 0.25) is 5.02 Å². The van der Waals surface area contributed by atoms with E-state index < -0.39 is 0 Å². The number of nitrogen functional groups attached to an aromatic ring is 1. The van der Waals surface area contributed by atoms with E-state index in [0.717, 1.165) is 28.7 Å². The minimum absolute atomic E-state index is 0.492. The van der Waals surface area contributed by atoms with Crippen molar-refractivity contribution in [3.05, 3.63) is 35.2 Å². The highest BCUT2D eigenvalue weighted by Crippen LogP contribution is 2.39. The Morgan fingerprint density at radius 2 is 2.06 bits per heavy atom. The summed E-state index contributed by atoms with van der Waals surface area (Å²) in [6.45, 7) is 0. The second-order valence-electron chi connectivity index (χ2n) is 4.18. The number of nitrogens with two attached hydrogens (primary N) is 1.